The van der Waals surface area contributed by atoms with Crippen molar-refractivity contribution in [3.63, 3.8) is 0 Å². The first-order chi connectivity index (χ1) is 13.9. The molecule has 4 aromatic rings. The number of aromatic nitrogens is 1. The molecule has 146 valence electrons. The Balaban J connectivity index is 2.05. The largest absolute Gasteiger partial charge is 0.307 e. The van der Waals surface area contributed by atoms with Crippen LogP contribution in [0.25, 0.3) is 10.9 Å². The van der Waals surface area contributed by atoms with E-state index in [1.54, 1.807) is 72.8 Å². The highest BCUT2D eigenvalue weighted by Gasteiger charge is 2.33. The van der Waals surface area contributed by atoms with Crippen LogP contribution in [-0.2, 0) is 4.57 Å². The monoisotopic (exact) mass is 447 g/mol. The van der Waals surface area contributed by atoms with E-state index >= 15 is 0 Å². The number of pyridine rings is 1. The number of nitrogens with zero attached hydrogens (tertiary/aromatic N) is 1. The van der Waals surface area contributed by atoms with E-state index in [0.717, 1.165) is 0 Å². The highest BCUT2D eigenvalue weighted by Crippen LogP contribution is 2.43. The second-order valence-electron chi connectivity index (χ2n) is 6.45. The number of halogens is 4. The number of benzene rings is 3. The van der Waals surface area contributed by atoms with Crippen LogP contribution in [0.2, 0.25) is 10.0 Å². The molecule has 0 amide bonds. The van der Waals surface area contributed by atoms with Gasteiger partial charge < -0.3 is 4.57 Å². The molecular formula is C22H14Cl2F2NOP. The van der Waals surface area contributed by atoms with Crippen LogP contribution in [0.3, 0.4) is 0 Å². The summed E-state index contributed by atoms with van der Waals surface area (Å²) in [5.74, 6) is 0. The molecule has 4 rings (SSSR count). The Morgan fingerprint density at radius 3 is 1.83 bits per heavy atom. The first-order valence-electron chi connectivity index (χ1n) is 8.70. The fourth-order valence-corrected chi connectivity index (χ4v) is 6.03. The molecule has 0 spiro atoms. The standard InChI is InChI=1S/C22H14Cl2F2NOP/c23-14-5-9-16(10-6-14)29(28,17-11-7-15(24)8-12-17)21-13-19(22(25)26)18-3-1-2-4-20(18)27-21/h1-13,22H. The maximum absolute atomic E-state index is 14.5. The third-order valence-corrected chi connectivity index (χ3v) is 8.10. The van der Waals surface area contributed by atoms with Crippen LogP contribution < -0.4 is 16.0 Å². The smallest absolute Gasteiger partial charge is 0.264 e. The quantitative estimate of drug-likeness (QED) is 0.352. The van der Waals surface area contributed by atoms with Gasteiger partial charge in [-0.25, -0.2) is 13.8 Å². The molecule has 1 aromatic heterocycles. The third-order valence-electron chi connectivity index (χ3n) is 4.67. The third kappa shape index (κ3) is 3.69. The highest BCUT2D eigenvalue weighted by molar-refractivity contribution is 7.85. The summed E-state index contributed by atoms with van der Waals surface area (Å²) in [5, 5.41) is 2.21. The summed E-state index contributed by atoms with van der Waals surface area (Å²) in [6.45, 7) is 0. The number of fused-ring (bicyclic) bond motifs is 1. The molecule has 0 bridgehead atoms. The van der Waals surface area contributed by atoms with Crippen LogP contribution in [0.15, 0.2) is 78.9 Å². The van der Waals surface area contributed by atoms with E-state index in [9.17, 15) is 13.3 Å². The summed E-state index contributed by atoms with van der Waals surface area (Å²) in [4.78, 5) is 4.53. The van der Waals surface area contributed by atoms with E-state index < -0.39 is 13.6 Å². The van der Waals surface area contributed by atoms with Crippen molar-refractivity contribution in [3.05, 3.63) is 94.5 Å². The van der Waals surface area contributed by atoms with Gasteiger partial charge in [0.2, 0.25) is 0 Å². The molecule has 1 heterocycles. The van der Waals surface area contributed by atoms with Gasteiger partial charge in [-0.2, -0.15) is 0 Å². The van der Waals surface area contributed by atoms with Gasteiger partial charge in [-0.3, -0.25) is 0 Å². The van der Waals surface area contributed by atoms with Crippen molar-refractivity contribution in [2.24, 2.45) is 0 Å². The average molecular weight is 448 g/mol. The lowest BCUT2D eigenvalue weighted by Crippen LogP contribution is -2.27. The minimum atomic E-state index is -3.55. The zero-order chi connectivity index (χ0) is 20.6. The summed E-state index contributed by atoms with van der Waals surface area (Å²) < 4.78 is 42.1. The Hall–Kier alpha value is -2.26. The molecule has 3 aromatic carbocycles. The fourth-order valence-electron chi connectivity index (χ4n) is 3.25. The second kappa shape index (κ2) is 7.87. The lowest BCUT2D eigenvalue weighted by Gasteiger charge is -2.21. The SMILES string of the molecule is O=P(c1ccc(Cl)cc1)(c1ccc(Cl)cc1)c1cc(C(F)F)c2ccccc2n1. The molecule has 0 N–H and O–H groups in total. The first kappa shape index (κ1) is 20.0. The van der Waals surface area contributed by atoms with Crippen molar-refractivity contribution in [1.82, 2.24) is 4.98 Å². The number of alkyl halides is 2. The average Bonchev–Trinajstić information content (AvgIpc) is 2.73. The Morgan fingerprint density at radius 2 is 1.31 bits per heavy atom. The topological polar surface area (TPSA) is 30.0 Å². The second-order valence-corrected chi connectivity index (χ2v) is 10.0. The predicted molar refractivity (Wildman–Crippen MR) is 116 cm³/mol. The minimum absolute atomic E-state index is 0.0937. The van der Waals surface area contributed by atoms with E-state index in [-0.39, 0.29) is 11.0 Å². The molecule has 0 unspecified atom stereocenters. The van der Waals surface area contributed by atoms with Gasteiger partial charge in [0.05, 0.1) is 5.52 Å². The molecule has 0 fully saturated rings. The number of hydrogen-bond donors (Lipinski definition) is 0. The molecular weight excluding hydrogens is 434 g/mol. The minimum Gasteiger partial charge on any atom is -0.307 e. The van der Waals surface area contributed by atoms with E-state index in [1.165, 1.54) is 6.07 Å². The van der Waals surface area contributed by atoms with Crippen molar-refractivity contribution in [3.8, 4) is 0 Å². The Bertz CT molecular complexity index is 1180. The normalized spacial score (nSPS) is 11.9. The molecule has 0 aliphatic heterocycles. The summed E-state index contributed by atoms with van der Waals surface area (Å²) in [7, 11) is -3.55. The lowest BCUT2D eigenvalue weighted by molar-refractivity contribution is 0.153. The van der Waals surface area contributed by atoms with Crippen LogP contribution in [0, 0.1) is 0 Å². The van der Waals surface area contributed by atoms with E-state index in [4.69, 9.17) is 23.2 Å². The summed E-state index contributed by atoms with van der Waals surface area (Å²) >= 11 is 12.0. The maximum Gasteiger partial charge on any atom is 0.264 e. The lowest BCUT2D eigenvalue weighted by atomic mass is 10.1. The fraction of sp³-hybridized carbons (Fsp3) is 0.0455. The molecule has 7 heteroatoms. The Morgan fingerprint density at radius 1 is 0.793 bits per heavy atom. The summed E-state index contributed by atoms with van der Waals surface area (Å²) in [6.07, 6.45) is -2.73. The van der Waals surface area contributed by atoms with Crippen molar-refractivity contribution >= 4 is 57.3 Å². The molecule has 0 radical (unpaired) electrons. The summed E-state index contributed by atoms with van der Waals surface area (Å²) in [6, 6.07) is 20.9. The maximum atomic E-state index is 14.5. The molecule has 2 nitrogen and oxygen atoms in total. The zero-order valence-corrected chi connectivity index (χ0v) is 17.3. The molecule has 0 aliphatic rings. The molecule has 0 aliphatic carbocycles. The van der Waals surface area contributed by atoms with Gasteiger partial charge in [-0.05, 0) is 60.7 Å². The van der Waals surface area contributed by atoms with Gasteiger partial charge in [0.15, 0.2) is 7.14 Å². The van der Waals surface area contributed by atoms with Gasteiger partial charge in [-0.1, -0.05) is 41.4 Å². The van der Waals surface area contributed by atoms with Crippen LogP contribution in [-0.4, -0.2) is 4.98 Å². The van der Waals surface area contributed by atoms with Gasteiger partial charge >= 0.3 is 0 Å². The van der Waals surface area contributed by atoms with E-state index in [2.05, 4.69) is 4.98 Å². The number of rotatable bonds is 4. The van der Waals surface area contributed by atoms with E-state index in [0.29, 0.717) is 31.6 Å². The van der Waals surface area contributed by atoms with Gasteiger partial charge in [0.1, 0.15) is 5.44 Å². The Kier molecular flexibility index (Phi) is 5.44. The summed E-state index contributed by atoms with van der Waals surface area (Å²) in [5.41, 5.74) is 0.258. The number of para-hydroxylation sites is 1. The van der Waals surface area contributed by atoms with E-state index in [1.807, 2.05) is 0 Å². The van der Waals surface area contributed by atoms with Gasteiger partial charge in [-0.15, -0.1) is 0 Å². The highest BCUT2D eigenvalue weighted by atomic mass is 35.5. The van der Waals surface area contributed by atoms with Crippen molar-refractivity contribution < 1.29 is 13.3 Å². The molecule has 0 saturated heterocycles. The van der Waals surface area contributed by atoms with Crippen LogP contribution in [0.5, 0.6) is 0 Å². The van der Waals surface area contributed by atoms with Crippen LogP contribution >= 0.6 is 30.3 Å². The van der Waals surface area contributed by atoms with Crippen molar-refractivity contribution in [2.45, 2.75) is 6.43 Å². The molecule has 0 saturated carbocycles. The molecule has 29 heavy (non-hydrogen) atoms. The van der Waals surface area contributed by atoms with Gasteiger partial charge in [0.25, 0.3) is 6.43 Å². The van der Waals surface area contributed by atoms with Crippen LogP contribution in [0.1, 0.15) is 12.0 Å². The van der Waals surface area contributed by atoms with Crippen molar-refractivity contribution in [2.75, 3.05) is 0 Å². The van der Waals surface area contributed by atoms with Crippen molar-refractivity contribution in [1.29, 1.82) is 0 Å². The Labute approximate surface area is 176 Å². The number of hydrogen-bond acceptors (Lipinski definition) is 2. The van der Waals surface area contributed by atoms with Gasteiger partial charge in [0, 0.05) is 31.6 Å². The van der Waals surface area contributed by atoms with Crippen LogP contribution in [0.4, 0.5) is 8.78 Å². The zero-order valence-electron chi connectivity index (χ0n) is 14.9. The molecule has 0 atom stereocenters. The first-order valence-corrected chi connectivity index (χ1v) is 11.2. The predicted octanol–water partition coefficient (Wildman–Crippen LogP) is 6.12.